The maximum absolute atomic E-state index is 12.4. The molecule has 0 saturated carbocycles. The molecular formula is C18H34N4O6S. The molecule has 0 spiro atoms. The number of aliphatic hydroxyl groups excluding tert-OH is 1. The third kappa shape index (κ3) is 9.46. The van der Waals surface area contributed by atoms with Crippen LogP contribution in [0.3, 0.4) is 0 Å². The summed E-state index contributed by atoms with van der Waals surface area (Å²) >= 11 is 4.04. The van der Waals surface area contributed by atoms with Gasteiger partial charge >= 0.3 is 5.97 Å². The topological polar surface area (TPSA) is 171 Å². The van der Waals surface area contributed by atoms with Gasteiger partial charge in [0.2, 0.25) is 17.7 Å². The van der Waals surface area contributed by atoms with Crippen molar-refractivity contribution in [2.24, 2.45) is 17.6 Å². The van der Waals surface area contributed by atoms with Gasteiger partial charge in [0, 0.05) is 5.75 Å². The molecule has 10 nitrogen and oxygen atoms in total. The van der Waals surface area contributed by atoms with E-state index in [9.17, 15) is 29.4 Å². The Balaban J connectivity index is 5.02. The molecular weight excluding hydrogens is 400 g/mol. The molecule has 3 amide bonds. The van der Waals surface area contributed by atoms with E-state index in [1.807, 2.05) is 13.8 Å². The fourth-order valence-electron chi connectivity index (χ4n) is 2.49. The summed E-state index contributed by atoms with van der Waals surface area (Å²) in [7, 11) is 0. The van der Waals surface area contributed by atoms with Crippen LogP contribution in [-0.2, 0) is 19.2 Å². The second kappa shape index (κ2) is 13.4. The van der Waals surface area contributed by atoms with Crippen molar-refractivity contribution in [1.82, 2.24) is 16.0 Å². The first-order chi connectivity index (χ1) is 13.5. The van der Waals surface area contributed by atoms with Crippen molar-refractivity contribution in [3.63, 3.8) is 0 Å². The largest absolute Gasteiger partial charge is 0.480 e. The Morgan fingerprint density at radius 3 is 1.90 bits per heavy atom. The Hall–Kier alpha value is -1.85. The number of carbonyl (C=O) groups is 4. The average Bonchev–Trinajstić information content (AvgIpc) is 2.66. The number of nitrogens with two attached hydrogens (primary N) is 1. The van der Waals surface area contributed by atoms with Gasteiger partial charge < -0.3 is 31.9 Å². The van der Waals surface area contributed by atoms with E-state index in [-0.39, 0.29) is 17.6 Å². The monoisotopic (exact) mass is 434 g/mol. The van der Waals surface area contributed by atoms with E-state index in [4.69, 9.17) is 5.73 Å². The van der Waals surface area contributed by atoms with E-state index in [1.165, 1.54) is 0 Å². The van der Waals surface area contributed by atoms with Crippen molar-refractivity contribution in [2.45, 2.75) is 64.7 Å². The van der Waals surface area contributed by atoms with E-state index in [2.05, 4.69) is 28.6 Å². The highest BCUT2D eigenvalue weighted by Gasteiger charge is 2.31. The van der Waals surface area contributed by atoms with Crippen LogP contribution in [0.2, 0.25) is 0 Å². The molecule has 0 saturated heterocycles. The molecule has 5 unspecified atom stereocenters. The molecule has 29 heavy (non-hydrogen) atoms. The van der Waals surface area contributed by atoms with E-state index >= 15 is 0 Å². The predicted octanol–water partition coefficient (Wildman–Crippen LogP) is -1.13. The molecule has 5 atom stereocenters. The molecule has 0 aromatic carbocycles. The van der Waals surface area contributed by atoms with Gasteiger partial charge in [0.15, 0.2) is 0 Å². The summed E-state index contributed by atoms with van der Waals surface area (Å²) in [5, 5.41) is 25.8. The molecule has 0 aromatic rings. The summed E-state index contributed by atoms with van der Waals surface area (Å²) in [5.74, 6) is -3.54. The fraction of sp³-hybridized carbons (Fsp3) is 0.778. The molecule has 7 N–H and O–H groups in total. The lowest BCUT2D eigenvalue weighted by atomic mass is 9.99. The lowest BCUT2D eigenvalue weighted by Crippen LogP contribution is -2.59. The molecule has 0 radical (unpaired) electrons. The van der Waals surface area contributed by atoms with E-state index in [0.717, 1.165) is 0 Å². The van der Waals surface area contributed by atoms with Crippen LogP contribution in [0.15, 0.2) is 0 Å². The van der Waals surface area contributed by atoms with Gasteiger partial charge in [-0.25, -0.2) is 4.79 Å². The van der Waals surface area contributed by atoms with Gasteiger partial charge in [0.05, 0.1) is 12.6 Å². The summed E-state index contributed by atoms with van der Waals surface area (Å²) in [6.45, 7) is 6.51. The highest BCUT2D eigenvalue weighted by Crippen LogP contribution is 2.08. The van der Waals surface area contributed by atoms with E-state index in [0.29, 0.717) is 12.8 Å². The highest BCUT2D eigenvalue weighted by atomic mass is 32.1. The van der Waals surface area contributed by atoms with Crippen LogP contribution in [0.25, 0.3) is 0 Å². The van der Waals surface area contributed by atoms with Crippen molar-refractivity contribution in [3.05, 3.63) is 0 Å². The number of aliphatic carboxylic acids is 1. The molecule has 11 heteroatoms. The van der Waals surface area contributed by atoms with Gasteiger partial charge in [-0.2, -0.15) is 12.6 Å². The third-order valence-corrected chi connectivity index (χ3v) is 4.84. The number of hydrogen-bond donors (Lipinski definition) is 7. The summed E-state index contributed by atoms with van der Waals surface area (Å²) in [6.07, 6.45) is 0.943. The Morgan fingerprint density at radius 2 is 1.48 bits per heavy atom. The van der Waals surface area contributed by atoms with Crippen molar-refractivity contribution < 1.29 is 29.4 Å². The average molecular weight is 435 g/mol. The van der Waals surface area contributed by atoms with Crippen molar-refractivity contribution in [2.75, 3.05) is 12.4 Å². The summed E-state index contributed by atoms with van der Waals surface area (Å²) < 4.78 is 0. The minimum Gasteiger partial charge on any atom is -0.480 e. The van der Waals surface area contributed by atoms with E-state index in [1.54, 1.807) is 13.8 Å². The minimum absolute atomic E-state index is 0.0592. The zero-order chi connectivity index (χ0) is 22.7. The zero-order valence-corrected chi connectivity index (χ0v) is 18.2. The number of amides is 3. The third-order valence-electron chi connectivity index (χ3n) is 4.47. The molecule has 0 heterocycles. The van der Waals surface area contributed by atoms with Gasteiger partial charge in [0.25, 0.3) is 0 Å². The maximum atomic E-state index is 12.4. The van der Waals surface area contributed by atoms with Crippen molar-refractivity contribution in [1.29, 1.82) is 0 Å². The van der Waals surface area contributed by atoms with Crippen LogP contribution >= 0.6 is 12.6 Å². The quantitative estimate of drug-likeness (QED) is 0.180. The smallest absolute Gasteiger partial charge is 0.326 e. The molecule has 0 fully saturated rings. The molecule has 0 aliphatic rings. The SMILES string of the molecule is CCC(C)C(NC(=O)C(CO)NC(=O)C(CS)NC(=O)C(N)CC(C)C)C(=O)O. The molecule has 168 valence electrons. The summed E-state index contributed by atoms with van der Waals surface area (Å²) in [5.41, 5.74) is 5.79. The number of carboxylic acids is 1. The minimum atomic E-state index is -1.38. The van der Waals surface area contributed by atoms with Gasteiger partial charge in [-0.05, 0) is 18.3 Å². The van der Waals surface area contributed by atoms with Gasteiger partial charge in [-0.1, -0.05) is 34.1 Å². The first-order valence-electron chi connectivity index (χ1n) is 9.59. The standard InChI is InChI=1S/C18H34N4O6S/c1-5-10(4)14(18(27)28)22-16(25)12(7-23)20-17(26)13(8-29)21-15(24)11(19)6-9(2)3/h9-14,23,29H,5-8,19H2,1-4H3,(H,20,26)(H,21,24)(H,22,25)(H,27,28). The number of carbonyl (C=O) groups excluding carboxylic acids is 3. The van der Waals surface area contributed by atoms with Crippen LogP contribution in [0, 0.1) is 11.8 Å². The second-order valence-electron chi connectivity index (χ2n) is 7.43. The number of nitrogens with one attached hydrogen (secondary N) is 3. The second-order valence-corrected chi connectivity index (χ2v) is 7.80. The van der Waals surface area contributed by atoms with Crippen molar-refractivity contribution in [3.8, 4) is 0 Å². The van der Waals surface area contributed by atoms with Crippen LogP contribution in [0.5, 0.6) is 0 Å². The van der Waals surface area contributed by atoms with Gasteiger partial charge in [-0.3, -0.25) is 14.4 Å². The lowest BCUT2D eigenvalue weighted by molar-refractivity contribution is -0.144. The van der Waals surface area contributed by atoms with Gasteiger partial charge in [0.1, 0.15) is 18.1 Å². The predicted molar refractivity (Wildman–Crippen MR) is 111 cm³/mol. The van der Waals surface area contributed by atoms with Crippen LogP contribution in [-0.4, -0.2) is 70.4 Å². The van der Waals surface area contributed by atoms with Crippen molar-refractivity contribution >= 4 is 36.3 Å². The highest BCUT2D eigenvalue weighted by molar-refractivity contribution is 7.80. The first kappa shape index (κ1) is 27.1. The Morgan fingerprint density at radius 1 is 0.966 bits per heavy atom. The number of thiol groups is 1. The van der Waals surface area contributed by atoms with Crippen LogP contribution in [0.4, 0.5) is 0 Å². The normalized spacial score (nSPS) is 16.3. The zero-order valence-electron chi connectivity index (χ0n) is 17.3. The lowest BCUT2D eigenvalue weighted by Gasteiger charge is -2.25. The Labute approximate surface area is 176 Å². The molecule has 0 aliphatic carbocycles. The molecule has 0 aliphatic heterocycles. The molecule has 0 rings (SSSR count). The maximum Gasteiger partial charge on any atom is 0.326 e. The number of rotatable bonds is 13. The van der Waals surface area contributed by atoms with Gasteiger partial charge in [-0.15, -0.1) is 0 Å². The van der Waals surface area contributed by atoms with Crippen LogP contribution < -0.4 is 21.7 Å². The summed E-state index contributed by atoms with van der Waals surface area (Å²) in [4.78, 5) is 48.2. The Kier molecular flexibility index (Phi) is 12.5. The van der Waals surface area contributed by atoms with E-state index < -0.39 is 54.5 Å². The number of aliphatic hydroxyl groups is 1. The summed E-state index contributed by atoms with van der Waals surface area (Å²) in [6, 6.07) is -4.41. The van der Waals surface area contributed by atoms with Crippen LogP contribution in [0.1, 0.15) is 40.5 Å². The first-order valence-corrected chi connectivity index (χ1v) is 10.2. The number of carboxylic acid groups (broad SMARTS) is 1. The molecule has 0 bridgehead atoms. The fourth-order valence-corrected chi connectivity index (χ4v) is 2.75. The Bertz CT molecular complexity index is 575. The number of hydrogen-bond acceptors (Lipinski definition) is 7. The molecule has 0 aromatic heterocycles.